The maximum Gasteiger partial charge on any atom is 0.161 e. The van der Waals surface area contributed by atoms with E-state index in [9.17, 15) is 0 Å². The molecule has 0 atom stereocenters. The third-order valence-electron chi connectivity index (χ3n) is 11.2. The second kappa shape index (κ2) is 14.0. The van der Waals surface area contributed by atoms with Crippen LogP contribution in [0.15, 0.2) is 121 Å². The molecule has 0 aliphatic rings. The number of hydrogen-bond acceptors (Lipinski definition) is 2. The standard InChI is InChI=1S/C50H46O2/c1-3-5-7-17-28-51-42-31-39-40(32-43(42)52-29-18-8-6-4-2)48-38-27-19-26-37-44(33-20-11-9-12-21-33)45(34-22-13-10-14-23-34)49(47(37)38)41-30-35-24-15-16-25-36(35)46(39)50(41)48/h9-16,19-27,30-32H,3-8,17-18,28-29H2,1-2H3. The maximum absolute atomic E-state index is 6.66. The van der Waals surface area contributed by atoms with Gasteiger partial charge in [-0.05, 0) is 118 Å². The van der Waals surface area contributed by atoms with Crippen molar-refractivity contribution in [2.45, 2.75) is 65.2 Å². The first kappa shape index (κ1) is 32.6. The zero-order valence-electron chi connectivity index (χ0n) is 30.4. The van der Waals surface area contributed by atoms with Gasteiger partial charge >= 0.3 is 0 Å². The highest BCUT2D eigenvalue weighted by Crippen LogP contribution is 2.56. The topological polar surface area (TPSA) is 18.5 Å². The lowest BCUT2D eigenvalue weighted by Gasteiger charge is -2.14. The second-order valence-electron chi connectivity index (χ2n) is 14.5. The lowest BCUT2D eigenvalue weighted by Crippen LogP contribution is -2.02. The molecule has 258 valence electrons. The van der Waals surface area contributed by atoms with Gasteiger partial charge in [0.2, 0.25) is 0 Å². The summed E-state index contributed by atoms with van der Waals surface area (Å²) < 4.78 is 13.3. The Morgan fingerprint density at radius 2 is 0.885 bits per heavy atom. The van der Waals surface area contributed by atoms with Gasteiger partial charge in [-0.1, -0.05) is 156 Å². The monoisotopic (exact) mass is 678 g/mol. The molecule has 9 aromatic carbocycles. The van der Waals surface area contributed by atoms with Crippen LogP contribution in [0.5, 0.6) is 11.5 Å². The largest absolute Gasteiger partial charge is 0.490 e. The van der Waals surface area contributed by atoms with E-state index in [1.807, 2.05) is 0 Å². The third-order valence-corrected chi connectivity index (χ3v) is 11.2. The summed E-state index contributed by atoms with van der Waals surface area (Å²) in [6, 6.07) is 45.0. The van der Waals surface area contributed by atoms with Gasteiger partial charge in [0.05, 0.1) is 13.2 Å². The summed E-state index contributed by atoms with van der Waals surface area (Å²) in [7, 11) is 0. The van der Waals surface area contributed by atoms with Crippen LogP contribution in [0.4, 0.5) is 0 Å². The molecule has 0 unspecified atom stereocenters. The van der Waals surface area contributed by atoms with Gasteiger partial charge in [0.1, 0.15) is 0 Å². The van der Waals surface area contributed by atoms with E-state index in [4.69, 9.17) is 9.47 Å². The predicted octanol–water partition coefficient (Wildman–Crippen LogP) is 14.7. The van der Waals surface area contributed by atoms with Crippen LogP contribution in [-0.2, 0) is 0 Å². The Morgan fingerprint density at radius 1 is 0.365 bits per heavy atom. The molecule has 0 bridgehead atoms. The zero-order valence-corrected chi connectivity index (χ0v) is 30.4. The van der Waals surface area contributed by atoms with Gasteiger partial charge in [0.15, 0.2) is 11.5 Å². The van der Waals surface area contributed by atoms with Crippen LogP contribution in [0.2, 0.25) is 0 Å². The van der Waals surface area contributed by atoms with E-state index in [1.165, 1.54) is 125 Å². The molecule has 2 nitrogen and oxygen atoms in total. The first-order chi connectivity index (χ1) is 25.8. The van der Waals surface area contributed by atoms with Crippen LogP contribution in [0.3, 0.4) is 0 Å². The van der Waals surface area contributed by atoms with E-state index in [2.05, 4.69) is 135 Å². The Labute approximate surface area is 306 Å². The summed E-state index contributed by atoms with van der Waals surface area (Å²) in [6.07, 6.45) is 9.37. The third kappa shape index (κ3) is 5.39. The van der Waals surface area contributed by atoms with Crippen LogP contribution in [0, 0.1) is 0 Å². The Kier molecular flexibility index (Phi) is 8.76. The summed E-state index contributed by atoms with van der Waals surface area (Å²) in [5.74, 6) is 1.74. The molecule has 0 radical (unpaired) electrons. The molecule has 0 amide bonds. The van der Waals surface area contributed by atoms with Gasteiger partial charge in [0.25, 0.3) is 0 Å². The zero-order chi connectivity index (χ0) is 35.0. The summed E-state index contributed by atoms with van der Waals surface area (Å²) in [5, 5.41) is 15.6. The van der Waals surface area contributed by atoms with Crippen molar-refractivity contribution in [3.63, 3.8) is 0 Å². The molecular weight excluding hydrogens is 633 g/mol. The second-order valence-corrected chi connectivity index (χ2v) is 14.5. The minimum Gasteiger partial charge on any atom is -0.490 e. The molecule has 0 aliphatic carbocycles. The Balaban J connectivity index is 1.40. The molecule has 0 aliphatic heterocycles. The SMILES string of the molecule is CCCCCCOc1cc2c(cc1OCCCCCC)c1c3cccc4c(-c5ccccc5)c(-c5ccccc5)c(c5cc6ccccc6c2c51)c43. The molecule has 0 spiro atoms. The molecule has 0 saturated carbocycles. The summed E-state index contributed by atoms with van der Waals surface area (Å²) in [6.45, 7) is 5.91. The smallest absolute Gasteiger partial charge is 0.161 e. The average molecular weight is 679 g/mol. The van der Waals surface area contributed by atoms with E-state index in [0.29, 0.717) is 13.2 Å². The molecule has 9 rings (SSSR count). The average Bonchev–Trinajstić information content (AvgIpc) is 3.72. The van der Waals surface area contributed by atoms with Gasteiger partial charge in [0, 0.05) is 0 Å². The van der Waals surface area contributed by atoms with Crippen LogP contribution in [0.1, 0.15) is 65.2 Å². The molecule has 0 heterocycles. The minimum atomic E-state index is 0.699. The van der Waals surface area contributed by atoms with Crippen molar-refractivity contribution < 1.29 is 9.47 Å². The normalized spacial score (nSPS) is 12.0. The maximum atomic E-state index is 6.66. The van der Waals surface area contributed by atoms with Crippen molar-refractivity contribution in [2.75, 3.05) is 13.2 Å². The molecule has 0 saturated heterocycles. The number of rotatable bonds is 14. The Hall–Kier alpha value is -5.34. The lowest BCUT2D eigenvalue weighted by atomic mass is 9.91. The molecular formula is C50H46O2. The highest BCUT2D eigenvalue weighted by molar-refractivity contribution is 6.48. The molecule has 0 fully saturated rings. The van der Waals surface area contributed by atoms with E-state index in [0.717, 1.165) is 24.3 Å². The van der Waals surface area contributed by atoms with Crippen molar-refractivity contribution in [2.24, 2.45) is 0 Å². The van der Waals surface area contributed by atoms with Crippen molar-refractivity contribution in [1.82, 2.24) is 0 Å². The van der Waals surface area contributed by atoms with E-state index >= 15 is 0 Å². The number of benzene rings is 7. The molecule has 0 aromatic heterocycles. The number of unbranched alkanes of at least 4 members (excludes halogenated alkanes) is 6. The molecule has 9 aromatic rings. The summed E-state index contributed by atoms with van der Waals surface area (Å²) in [5.41, 5.74) is 5.12. The van der Waals surface area contributed by atoms with Gasteiger partial charge in [-0.15, -0.1) is 0 Å². The summed E-state index contributed by atoms with van der Waals surface area (Å²) >= 11 is 0. The van der Waals surface area contributed by atoms with Crippen molar-refractivity contribution in [1.29, 1.82) is 0 Å². The first-order valence-electron chi connectivity index (χ1n) is 19.5. The van der Waals surface area contributed by atoms with Crippen molar-refractivity contribution in [3.8, 4) is 33.8 Å². The van der Waals surface area contributed by atoms with Crippen molar-refractivity contribution >= 4 is 64.6 Å². The Bertz CT molecular complexity index is 2640. The van der Waals surface area contributed by atoms with Crippen LogP contribution in [0.25, 0.3) is 86.9 Å². The highest BCUT2D eigenvalue weighted by Gasteiger charge is 2.27. The summed E-state index contributed by atoms with van der Waals surface area (Å²) in [4.78, 5) is 0. The number of hydrogen-bond donors (Lipinski definition) is 0. The van der Waals surface area contributed by atoms with E-state index in [-0.39, 0.29) is 0 Å². The van der Waals surface area contributed by atoms with Gasteiger partial charge < -0.3 is 9.47 Å². The number of ether oxygens (including phenoxy) is 2. The van der Waals surface area contributed by atoms with Gasteiger partial charge in [-0.2, -0.15) is 0 Å². The quantitative estimate of drug-likeness (QED) is 0.0842. The molecule has 2 heteroatoms. The fourth-order valence-electron chi connectivity index (χ4n) is 8.81. The highest BCUT2D eigenvalue weighted by atomic mass is 16.5. The van der Waals surface area contributed by atoms with Gasteiger partial charge in [-0.3, -0.25) is 0 Å². The van der Waals surface area contributed by atoms with Crippen LogP contribution < -0.4 is 9.47 Å². The number of fused-ring (bicyclic) bond motifs is 7. The van der Waals surface area contributed by atoms with E-state index in [1.54, 1.807) is 0 Å². The fourth-order valence-corrected chi connectivity index (χ4v) is 8.81. The van der Waals surface area contributed by atoms with Crippen LogP contribution >= 0.6 is 0 Å². The van der Waals surface area contributed by atoms with Gasteiger partial charge in [-0.25, -0.2) is 0 Å². The molecule has 52 heavy (non-hydrogen) atoms. The first-order valence-corrected chi connectivity index (χ1v) is 19.5. The minimum absolute atomic E-state index is 0.699. The van der Waals surface area contributed by atoms with E-state index < -0.39 is 0 Å². The van der Waals surface area contributed by atoms with Crippen molar-refractivity contribution in [3.05, 3.63) is 121 Å². The predicted molar refractivity (Wildman–Crippen MR) is 224 cm³/mol. The molecule has 0 N–H and O–H groups in total. The fraction of sp³-hybridized carbons (Fsp3) is 0.240. The lowest BCUT2D eigenvalue weighted by molar-refractivity contribution is 0.259. The Morgan fingerprint density at radius 3 is 1.52 bits per heavy atom. The van der Waals surface area contributed by atoms with Crippen LogP contribution in [-0.4, -0.2) is 13.2 Å².